The molecule has 1 aliphatic heterocycles. The summed E-state index contributed by atoms with van der Waals surface area (Å²) in [5.74, 6) is -2.76. The number of hydrogen-bond donors (Lipinski definition) is 4. The van der Waals surface area contributed by atoms with Crippen LogP contribution in [-0.2, 0) is 42.0 Å². The molecule has 0 spiro atoms. The lowest BCUT2D eigenvalue weighted by Gasteiger charge is -2.24. The van der Waals surface area contributed by atoms with Crippen molar-refractivity contribution in [2.24, 2.45) is 0 Å². The summed E-state index contributed by atoms with van der Waals surface area (Å²) in [6.07, 6.45) is 0.132. The van der Waals surface area contributed by atoms with Crippen LogP contribution in [0.2, 0.25) is 0 Å². The molecule has 0 fully saturated rings. The minimum absolute atomic E-state index is 0.100. The minimum atomic E-state index is -3.95. The molecule has 1 aliphatic rings. The fraction of sp³-hybridized carbons (Fsp3) is 0.308. The van der Waals surface area contributed by atoms with E-state index in [4.69, 9.17) is 4.74 Å². The van der Waals surface area contributed by atoms with E-state index in [-0.39, 0.29) is 23.3 Å². The lowest BCUT2D eigenvalue weighted by atomic mass is 10.0. The van der Waals surface area contributed by atoms with Crippen molar-refractivity contribution in [3.63, 3.8) is 0 Å². The van der Waals surface area contributed by atoms with Crippen molar-refractivity contribution in [2.75, 3.05) is 0 Å². The maximum Gasteiger partial charge on any atom is 0.408 e. The number of ether oxygens (including phenoxy) is 1. The minimum Gasteiger partial charge on any atom is -0.480 e. The molecular formula is C26H29N3O8S. The monoisotopic (exact) mass is 543 g/mol. The van der Waals surface area contributed by atoms with E-state index in [2.05, 4.69) is 10.6 Å². The van der Waals surface area contributed by atoms with Crippen molar-refractivity contribution < 1.29 is 37.4 Å². The molecule has 0 aromatic heterocycles. The second-order valence-electron chi connectivity index (χ2n) is 9.67. The highest BCUT2D eigenvalue weighted by Crippen LogP contribution is 2.24. The van der Waals surface area contributed by atoms with Gasteiger partial charge in [0.25, 0.3) is 15.9 Å². The van der Waals surface area contributed by atoms with Gasteiger partial charge in [-0.25, -0.2) is 22.7 Å². The zero-order valence-electron chi connectivity index (χ0n) is 21.1. The van der Waals surface area contributed by atoms with Crippen LogP contribution in [0.3, 0.4) is 0 Å². The van der Waals surface area contributed by atoms with Crippen LogP contribution in [-0.4, -0.2) is 55.1 Å². The van der Waals surface area contributed by atoms with Gasteiger partial charge in [0.05, 0.1) is 0 Å². The first-order chi connectivity index (χ1) is 17.7. The van der Waals surface area contributed by atoms with Gasteiger partial charge >= 0.3 is 12.1 Å². The van der Waals surface area contributed by atoms with Gasteiger partial charge in [0, 0.05) is 18.9 Å². The second-order valence-corrected chi connectivity index (χ2v) is 11.3. The van der Waals surface area contributed by atoms with Gasteiger partial charge in [-0.1, -0.05) is 54.6 Å². The van der Waals surface area contributed by atoms with Crippen LogP contribution in [0.25, 0.3) is 4.91 Å². The van der Waals surface area contributed by atoms with E-state index in [1.165, 1.54) is 24.3 Å². The summed E-state index contributed by atoms with van der Waals surface area (Å²) in [4.78, 5) is 48.7. The summed E-state index contributed by atoms with van der Waals surface area (Å²) in [7, 11) is -3.95. The smallest absolute Gasteiger partial charge is 0.408 e. The summed E-state index contributed by atoms with van der Waals surface area (Å²) in [6.45, 7) is 5.03. The van der Waals surface area contributed by atoms with Gasteiger partial charge in [-0.2, -0.15) is 0 Å². The molecule has 2 atom stereocenters. The van der Waals surface area contributed by atoms with Crippen molar-refractivity contribution in [1.82, 2.24) is 15.4 Å². The number of carboxylic acids is 1. The number of hydrogen-bond acceptors (Lipinski definition) is 7. The molecule has 11 nitrogen and oxygen atoms in total. The quantitative estimate of drug-likeness (QED) is 0.371. The van der Waals surface area contributed by atoms with Gasteiger partial charge < -0.3 is 20.5 Å². The molecule has 4 N–H and O–H groups in total. The maximum absolute atomic E-state index is 13.1. The zero-order chi connectivity index (χ0) is 28.1. The van der Waals surface area contributed by atoms with Gasteiger partial charge in [-0.15, -0.1) is 0 Å². The third-order valence-corrected chi connectivity index (χ3v) is 6.77. The summed E-state index contributed by atoms with van der Waals surface area (Å²) < 4.78 is 31.2. The van der Waals surface area contributed by atoms with E-state index in [0.29, 0.717) is 5.56 Å². The second kappa shape index (κ2) is 11.5. The average molecular weight is 544 g/mol. The Bertz CT molecular complexity index is 1350. The fourth-order valence-corrected chi connectivity index (χ4v) is 4.82. The number of carbonyl (C=O) groups excluding carboxylic acids is 3. The lowest BCUT2D eigenvalue weighted by molar-refractivity contribution is -0.142. The maximum atomic E-state index is 13.1. The number of sulfonamides is 1. The van der Waals surface area contributed by atoms with Crippen LogP contribution in [0.1, 0.15) is 37.5 Å². The molecule has 0 saturated heterocycles. The van der Waals surface area contributed by atoms with Gasteiger partial charge in [-0.3, -0.25) is 9.59 Å². The topological polar surface area (TPSA) is 168 Å². The highest BCUT2D eigenvalue weighted by atomic mass is 32.2. The SMILES string of the molecule is CC(C)(C)OC(=O)NC(Cc1ccccc1)C(=O)NC(Cc1ccc(C2=CC(=O)NS2(=O)=O)cc1)C(=O)O. The number of alkyl carbamates (subject to hydrolysis) is 1. The fourth-order valence-electron chi connectivity index (χ4n) is 3.67. The number of carboxylic acid groups (broad SMARTS) is 1. The molecule has 3 rings (SSSR count). The summed E-state index contributed by atoms with van der Waals surface area (Å²) in [5, 5.41) is 14.7. The third-order valence-electron chi connectivity index (χ3n) is 5.37. The van der Waals surface area contributed by atoms with Crippen molar-refractivity contribution in [2.45, 2.75) is 51.3 Å². The number of rotatable bonds is 9. The van der Waals surface area contributed by atoms with Crippen LogP contribution in [0.5, 0.6) is 0 Å². The molecule has 0 aliphatic carbocycles. The molecule has 3 amide bonds. The number of benzene rings is 2. The van der Waals surface area contributed by atoms with Crippen LogP contribution >= 0.6 is 0 Å². The molecule has 1 heterocycles. The standard InChI is InChI=1S/C26H29N3O8S/c1-26(2,3)37-25(34)28-19(13-16-7-5-4-6-8-16)23(31)27-20(24(32)33)14-17-9-11-18(12-10-17)21-15-22(30)29-38(21,35)36/h4-12,15,19-20H,13-14H2,1-3H3,(H,27,31)(H,28,34)(H,29,30)(H,32,33). The summed E-state index contributed by atoms with van der Waals surface area (Å²) >= 11 is 0. The van der Waals surface area contributed by atoms with Gasteiger partial charge in [0.15, 0.2) is 0 Å². The first-order valence-electron chi connectivity index (χ1n) is 11.7. The molecule has 202 valence electrons. The molecule has 0 saturated carbocycles. The van der Waals surface area contributed by atoms with E-state index in [1.807, 2.05) is 4.72 Å². The van der Waals surface area contributed by atoms with E-state index < -0.39 is 51.6 Å². The molecule has 38 heavy (non-hydrogen) atoms. The van der Waals surface area contributed by atoms with Gasteiger partial charge in [-0.05, 0) is 37.5 Å². The molecule has 12 heteroatoms. The lowest BCUT2D eigenvalue weighted by Crippen LogP contribution is -2.53. The first-order valence-corrected chi connectivity index (χ1v) is 13.2. The number of carbonyl (C=O) groups is 4. The van der Waals surface area contributed by atoms with Gasteiger partial charge in [0.1, 0.15) is 22.6 Å². The molecular weight excluding hydrogens is 514 g/mol. The van der Waals surface area contributed by atoms with Crippen molar-refractivity contribution in [3.8, 4) is 0 Å². The van der Waals surface area contributed by atoms with Crippen molar-refractivity contribution in [1.29, 1.82) is 0 Å². The Labute approximate surface area is 220 Å². The highest BCUT2D eigenvalue weighted by molar-refractivity contribution is 7.99. The average Bonchev–Trinajstić information content (AvgIpc) is 3.09. The van der Waals surface area contributed by atoms with Gasteiger partial charge in [0.2, 0.25) is 5.91 Å². The predicted molar refractivity (Wildman–Crippen MR) is 138 cm³/mol. The molecule has 2 aromatic carbocycles. The normalized spacial score (nSPS) is 16.0. The predicted octanol–water partition coefficient (Wildman–Crippen LogP) is 1.73. The van der Waals surface area contributed by atoms with E-state index in [0.717, 1.165) is 11.6 Å². The largest absolute Gasteiger partial charge is 0.480 e. The highest BCUT2D eigenvalue weighted by Gasteiger charge is 2.30. The van der Waals surface area contributed by atoms with Crippen LogP contribution in [0.4, 0.5) is 4.79 Å². The summed E-state index contributed by atoms with van der Waals surface area (Å²) in [5.41, 5.74) is 0.699. The third kappa shape index (κ3) is 7.90. The Kier molecular flexibility index (Phi) is 8.56. The van der Waals surface area contributed by atoms with Crippen molar-refractivity contribution >= 4 is 38.8 Å². The van der Waals surface area contributed by atoms with Crippen LogP contribution < -0.4 is 15.4 Å². The number of aliphatic carboxylic acids is 1. The number of nitrogens with one attached hydrogen (secondary N) is 3. The Morgan fingerprint density at radius 1 is 0.921 bits per heavy atom. The van der Waals surface area contributed by atoms with E-state index in [9.17, 15) is 32.7 Å². The number of amides is 3. The Balaban J connectivity index is 1.74. The van der Waals surface area contributed by atoms with E-state index in [1.54, 1.807) is 51.1 Å². The summed E-state index contributed by atoms with van der Waals surface area (Å²) in [6, 6.07) is 12.4. The van der Waals surface area contributed by atoms with Crippen molar-refractivity contribution in [3.05, 3.63) is 77.4 Å². The van der Waals surface area contributed by atoms with Crippen LogP contribution in [0.15, 0.2) is 60.7 Å². The molecule has 0 radical (unpaired) electrons. The zero-order valence-corrected chi connectivity index (χ0v) is 21.9. The van der Waals surface area contributed by atoms with E-state index >= 15 is 0 Å². The Hall–Kier alpha value is -4.19. The Morgan fingerprint density at radius 3 is 2.03 bits per heavy atom. The van der Waals surface area contributed by atoms with Crippen LogP contribution in [0, 0.1) is 0 Å². The molecule has 2 aromatic rings. The Morgan fingerprint density at radius 2 is 1.50 bits per heavy atom. The molecule has 2 unspecified atom stereocenters. The first kappa shape index (κ1) is 28.4. The molecule has 0 bridgehead atoms.